The lowest BCUT2D eigenvalue weighted by Crippen LogP contribution is -2.30. The predicted molar refractivity (Wildman–Crippen MR) is 88.1 cm³/mol. The molecule has 0 radical (unpaired) electrons. The van der Waals surface area contributed by atoms with E-state index in [1.165, 1.54) is 12.8 Å². The van der Waals surface area contributed by atoms with Gasteiger partial charge in [0.1, 0.15) is 0 Å². The van der Waals surface area contributed by atoms with Gasteiger partial charge in [-0.05, 0) is 30.7 Å². The number of aromatic carboxylic acids is 1. The first-order valence-corrected chi connectivity index (χ1v) is 7.20. The van der Waals surface area contributed by atoms with E-state index in [0.717, 1.165) is 23.9 Å². The van der Waals surface area contributed by atoms with Gasteiger partial charge in [0.15, 0.2) is 5.96 Å². The predicted octanol–water partition coefficient (Wildman–Crippen LogP) is 2.59. The molecule has 5 N–H and O–H groups in total. The second-order valence-electron chi connectivity index (χ2n) is 4.76. The Hall–Kier alpha value is -2.63. The Kier molecular flexibility index (Phi) is 7.39. The van der Waals surface area contributed by atoms with Crippen LogP contribution in [0.4, 0.5) is 0 Å². The zero-order valence-corrected chi connectivity index (χ0v) is 12.7. The second-order valence-corrected chi connectivity index (χ2v) is 4.76. The summed E-state index contributed by atoms with van der Waals surface area (Å²) >= 11 is 0. The summed E-state index contributed by atoms with van der Waals surface area (Å²) in [7, 11) is 0. The number of fused-ring (bicyclic) bond motifs is 1. The molecule has 118 valence electrons. The molecule has 0 aliphatic carbocycles. The molecule has 0 aliphatic heterocycles. The molecular formula is C16H22N4O2. The lowest BCUT2D eigenvalue weighted by Gasteiger charge is -2.00. The molecule has 0 saturated heterocycles. The lowest BCUT2D eigenvalue weighted by atomic mass is 10.1. The molecule has 0 aliphatic rings. The number of carbonyl (C=O) groups is 1. The summed E-state index contributed by atoms with van der Waals surface area (Å²) in [5.41, 5.74) is 6.15. The highest BCUT2D eigenvalue weighted by molar-refractivity contribution is 5.93. The normalized spacial score (nSPS) is 9.68. The summed E-state index contributed by atoms with van der Waals surface area (Å²) in [6.45, 7) is 2.98. The Labute approximate surface area is 129 Å². The number of hydrogen-bond donors (Lipinski definition) is 4. The number of carboxylic acids is 1. The van der Waals surface area contributed by atoms with Crippen molar-refractivity contribution >= 4 is 22.8 Å². The fourth-order valence-corrected chi connectivity index (χ4v) is 1.81. The van der Waals surface area contributed by atoms with Gasteiger partial charge < -0.3 is 16.2 Å². The number of rotatable bonds is 5. The van der Waals surface area contributed by atoms with Gasteiger partial charge in [0.05, 0.1) is 11.1 Å². The largest absolute Gasteiger partial charge is 0.478 e. The second kappa shape index (κ2) is 9.33. The van der Waals surface area contributed by atoms with E-state index in [-0.39, 0.29) is 5.96 Å². The molecule has 1 aromatic heterocycles. The summed E-state index contributed by atoms with van der Waals surface area (Å²) in [6, 6.07) is 8.50. The third kappa shape index (κ3) is 6.21. The molecule has 0 saturated carbocycles. The molecule has 22 heavy (non-hydrogen) atoms. The number of nitrogens with zero attached hydrogens (tertiary/aromatic N) is 1. The number of aromatic nitrogens is 1. The monoisotopic (exact) mass is 302 g/mol. The minimum Gasteiger partial charge on any atom is -0.478 e. The molecule has 0 bridgehead atoms. The minimum atomic E-state index is -0.911. The lowest BCUT2D eigenvalue weighted by molar-refractivity contribution is 0.0697. The fraction of sp³-hybridized carbons (Fsp3) is 0.312. The number of guanidine groups is 1. The van der Waals surface area contributed by atoms with E-state index < -0.39 is 5.97 Å². The van der Waals surface area contributed by atoms with Crippen molar-refractivity contribution in [1.29, 1.82) is 5.41 Å². The average Bonchev–Trinajstić information content (AvgIpc) is 2.51. The molecular weight excluding hydrogens is 280 g/mol. The van der Waals surface area contributed by atoms with Gasteiger partial charge in [-0.2, -0.15) is 0 Å². The molecule has 0 spiro atoms. The third-order valence-electron chi connectivity index (χ3n) is 2.95. The van der Waals surface area contributed by atoms with Crippen molar-refractivity contribution in [3.8, 4) is 0 Å². The average molecular weight is 302 g/mol. The van der Waals surface area contributed by atoms with Crippen LogP contribution in [0.2, 0.25) is 0 Å². The number of pyridine rings is 1. The highest BCUT2D eigenvalue weighted by Gasteiger charge is 2.02. The van der Waals surface area contributed by atoms with Gasteiger partial charge in [-0.15, -0.1) is 0 Å². The Morgan fingerprint density at radius 2 is 2.14 bits per heavy atom. The molecule has 6 heteroatoms. The van der Waals surface area contributed by atoms with Crippen LogP contribution >= 0.6 is 0 Å². The van der Waals surface area contributed by atoms with E-state index in [0.29, 0.717) is 5.56 Å². The first-order valence-electron chi connectivity index (χ1n) is 7.20. The maximum Gasteiger partial charge on any atom is 0.335 e. The molecule has 0 fully saturated rings. The van der Waals surface area contributed by atoms with Gasteiger partial charge in [0.25, 0.3) is 0 Å². The Bertz CT molecular complexity index is 628. The van der Waals surface area contributed by atoms with E-state index in [4.69, 9.17) is 16.2 Å². The summed E-state index contributed by atoms with van der Waals surface area (Å²) in [6.07, 6.45) is 5.21. The maximum atomic E-state index is 10.6. The Morgan fingerprint density at radius 1 is 1.36 bits per heavy atom. The third-order valence-corrected chi connectivity index (χ3v) is 2.95. The summed E-state index contributed by atoms with van der Waals surface area (Å²) < 4.78 is 0. The van der Waals surface area contributed by atoms with E-state index in [2.05, 4.69) is 17.2 Å². The van der Waals surface area contributed by atoms with Crippen LogP contribution in [0.25, 0.3) is 10.9 Å². The van der Waals surface area contributed by atoms with Crippen molar-refractivity contribution in [2.24, 2.45) is 5.73 Å². The fourth-order valence-electron chi connectivity index (χ4n) is 1.81. The van der Waals surface area contributed by atoms with E-state index in [1.807, 2.05) is 6.07 Å². The zero-order valence-electron chi connectivity index (χ0n) is 12.7. The number of nitrogens with one attached hydrogen (secondary N) is 2. The molecule has 0 atom stereocenters. The van der Waals surface area contributed by atoms with E-state index >= 15 is 0 Å². The van der Waals surface area contributed by atoms with Crippen LogP contribution in [-0.2, 0) is 0 Å². The van der Waals surface area contributed by atoms with Gasteiger partial charge >= 0.3 is 5.97 Å². The first kappa shape index (κ1) is 17.4. The summed E-state index contributed by atoms with van der Waals surface area (Å²) in [5.74, 6) is -0.836. The van der Waals surface area contributed by atoms with Gasteiger partial charge in [-0.3, -0.25) is 10.4 Å². The summed E-state index contributed by atoms with van der Waals surface area (Å²) in [4.78, 5) is 14.7. The van der Waals surface area contributed by atoms with Crippen molar-refractivity contribution in [2.45, 2.75) is 26.2 Å². The zero-order chi connectivity index (χ0) is 16.4. The maximum absolute atomic E-state index is 10.6. The van der Waals surface area contributed by atoms with Crippen LogP contribution in [0.1, 0.15) is 36.5 Å². The molecule has 1 aromatic carbocycles. The Morgan fingerprint density at radius 3 is 2.77 bits per heavy atom. The van der Waals surface area contributed by atoms with Crippen LogP contribution in [0.15, 0.2) is 36.5 Å². The SMILES string of the molecule is CCCCCNC(=N)N.O=C(O)c1ccc2ncccc2c1. The van der Waals surface area contributed by atoms with Crippen LogP contribution < -0.4 is 11.1 Å². The molecule has 6 nitrogen and oxygen atoms in total. The molecule has 2 aromatic rings. The summed E-state index contributed by atoms with van der Waals surface area (Å²) in [5, 5.41) is 19.1. The van der Waals surface area contributed by atoms with Crippen molar-refractivity contribution in [2.75, 3.05) is 6.54 Å². The molecule has 0 amide bonds. The van der Waals surface area contributed by atoms with Crippen LogP contribution in [0.3, 0.4) is 0 Å². The van der Waals surface area contributed by atoms with Crippen molar-refractivity contribution in [3.63, 3.8) is 0 Å². The van der Waals surface area contributed by atoms with Gasteiger partial charge in [-0.1, -0.05) is 25.8 Å². The molecule has 2 rings (SSSR count). The van der Waals surface area contributed by atoms with Crippen molar-refractivity contribution < 1.29 is 9.90 Å². The Balaban J connectivity index is 0.000000239. The standard InChI is InChI=1S/C10H7NO2.C6H15N3/c12-10(13)8-3-4-9-7(6-8)2-1-5-11-9;1-2-3-4-5-9-6(7)8/h1-6H,(H,12,13);2-5H2,1H3,(H4,7,8,9). The highest BCUT2D eigenvalue weighted by Crippen LogP contribution is 2.12. The molecule has 0 unspecified atom stereocenters. The minimum absolute atomic E-state index is 0.0751. The number of unbranched alkanes of at least 4 members (excludes halogenated alkanes) is 2. The first-order chi connectivity index (χ1) is 10.5. The van der Waals surface area contributed by atoms with Gasteiger partial charge in [0, 0.05) is 18.1 Å². The smallest absolute Gasteiger partial charge is 0.335 e. The quantitative estimate of drug-likeness (QED) is 0.385. The van der Waals surface area contributed by atoms with E-state index in [9.17, 15) is 4.79 Å². The number of nitrogens with two attached hydrogens (primary N) is 1. The topological polar surface area (TPSA) is 112 Å². The van der Waals surface area contributed by atoms with Crippen LogP contribution in [0.5, 0.6) is 0 Å². The highest BCUT2D eigenvalue weighted by atomic mass is 16.4. The van der Waals surface area contributed by atoms with Gasteiger partial charge in [-0.25, -0.2) is 4.79 Å². The number of benzene rings is 1. The van der Waals surface area contributed by atoms with Crippen molar-refractivity contribution in [3.05, 3.63) is 42.1 Å². The van der Waals surface area contributed by atoms with Crippen LogP contribution in [0, 0.1) is 5.41 Å². The van der Waals surface area contributed by atoms with Crippen molar-refractivity contribution in [1.82, 2.24) is 10.3 Å². The number of hydrogen-bond acceptors (Lipinski definition) is 3. The van der Waals surface area contributed by atoms with E-state index in [1.54, 1.807) is 30.5 Å². The molecule has 1 heterocycles. The number of carboxylic acid groups (broad SMARTS) is 1. The van der Waals surface area contributed by atoms with Gasteiger partial charge in [0.2, 0.25) is 0 Å². The van der Waals surface area contributed by atoms with Crippen LogP contribution in [-0.4, -0.2) is 28.6 Å².